The summed E-state index contributed by atoms with van der Waals surface area (Å²) in [7, 11) is 0. The lowest BCUT2D eigenvalue weighted by Crippen LogP contribution is -2.21. The van der Waals surface area contributed by atoms with Crippen LogP contribution in [0.3, 0.4) is 0 Å². The summed E-state index contributed by atoms with van der Waals surface area (Å²) in [5, 5.41) is 8.69. The monoisotopic (exact) mass is 247 g/mol. The maximum Gasteiger partial charge on any atom is 0.411 e. The van der Waals surface area contributed by atoms with E-state index in [1.165, 1.54) is 0 Å². The molecule has 0 radical (unpaired) electrons. The van der Waals surface area contributed by atoms with Crippen LogP contribution in [0.5, 0.6) is 5.88 Å². The maximum absolute atomic E-state index is 10.9. The number of carbonyl (C=O) groups excluding carboxylic acids is 1. The molecule has 1 amide bonds. The average Bonchev–Trinajstić information content (AvgIpc) is 2.25. The molecule has 18 heavy (non-hydrogen) atoms. The zero-order chi connectivity index (χ0) is 13.8. The third-order valence-electron chi connectivity index (χ3n) is 2.51. The van der Waals surface area contributed by atoms with E-state index in [0.29, 0.717) is 12.8 Å². The van der Waals surface area contributed by atoms with Crippen molar-refractivity contribution >= 4 is 6.09 Å². The second kappa shape index (κ2) is 5.50. The minimum Gasteiger partial charge on any atom is -0.391 e. The molecule has 0 aliphatic rings. The first-order chi connectivity index (χ1) is 8.36. The summed E-state index contributed by atoms with van der Waals surface area (Å²) < 4.78 is 4.90. The van der Waals surface area contributed by atoms with E-state index in [1.54, 1.807) is 6.20 Å². The number of hydrogen-bond acceptors (Lipinski definition) is 4. The van der Waals surface area contributed by atoms with Crippen molar-refractivity contribution in [1.82, 2.24) is 4.98 Å². The summed E-state index contributed by atoms with van der Waals surface area (Å²) in [5.41, 5.74) is 6.67. The molecule has 1 heterocycles. The highest BCUT2D eigenvalue weighted by atomic mass is 16.6. The Morgan fingerprint density at radius 1 is 1.56 bits per heavy atom. The topological polar surface area (TPSA) is 89.0 Å². The number of rotatable bonds is 3. The Morgan fingerprint density at radius 2 is 2.22 bits per heavy atom. The smallest absolute Gasteiger partial charge is 0.391 e. The number of ether oxygens (including phenoxy) is 1. The SMILES string of the molecule is CC(C)(C)c1ccnc(OC(N)=O)c1CCC#N. The standard InChI is InChI=1S/C13H17N3O2/c1-13(2,3)10-6-8-16-11(18-12(15)17)9(10)5-4-7-14/h6,8H,4-5H2,1-3H3,(H2,15,17). The number of nitrogens with zero attached hydrogens (tertiary/aromatic N) is 2. The molecule has 0 atom stereocenters. The van der Waals surface area contributed by atoms with Gasteiger partial charge in [-0.3, -0.25) is 0 Å². The summed E-state index contributed by atoms with van der Waals surface area (Å²) in [6.45, 7) is 6.14. The van der Waals surface area contributed by atoms with Crippen LogP contribution in [-0.2, 0) is 11.8 Å². The fraction of sp³-hybridized carbons (Fsp3) is 0.462. The Kier molecular flexibility index (Phi) is 4.27. The lowest BCUT2D eigenvalue weighted by molar-refractivity contribution is 0.208. The van der Waals surface area contributed by atoms with Crippen LogP contribution in [0.25, 0.3) is 0 Å². The molecule has 1 rings (SSSR count). The second-order valence-corrected chi connectivity index (χ2v) is 4.97. The Balaban J connectivity index is 3.26. The third kappa shape index (κ3) is 3.45. The predicted molar refractivity (Wildman–Crippen MR) is 67.1 cm³/mol. The molecule has 0 unspecified atom stereocenters. The molecular formula is C13H17N3O2. The van der Waals surface area contributed by atoms with Gasteiger partial charge in [0.1, 0.15) is 0 Å². The first kappa shape index (κ1) is 14.0. The Morgan fingerprint density at radius 3 is 2.72 bits per heavy atom. The van der Waals surface area contributed by atoms with Gasteiger partial charge in [0.2, 0.25) is 5.88 Å². The van der Waals surface area contributed by atoms with Gasteiger partial charge in [-0.2, -0.15) is 5.26 Å². The van der Waals surface area contributed by atoms with Gasteiger partial charge in [-0.15, -0.1) is 0 Å². The van der Waals surface area contributed by atoms with E-state index in [4.69, 9.17) is 15.7 Å². The number of nitrogens with two attached hydrogens (primary N) is 1. The lowest BCUT2D eigenvalue weighted by Gasteiger charge is -2.23. The molecule has 0 spiro atoms. The van der Waals surface area contributed by atoms with Gasteiger partial charge in [-0.1, -0.05) is 20.8 Å². The molecular weight excluding hydrogens is 230 g/mol. The van der Waals surface area contributed by atoms with Crippen molar-refractivity contribution < 1.29 is 9.53 Å². The van der Waals surface area contributed by atoms with Crippen molar-refractivity contribution in [3.05, 3.63) is 23.4 Å². The number of hydrogen-bond donors (Lipinski definition) is 1. The molecule has 2 N–H and O–H groups in total. The van der Waals surface area contributed by atoms with E-state index in [-0.39, 0.29) is 11.3 Å². The first-order valence-electron chi connectivity index (χ1n) is 5.69. The van der Waals surface area contributed by atoms with Crippen molar-refractivity contribution in [1.29, 1.82) is 5.26 Å². The van der Waals surface area contributed by atoms with Gasteiger partial charge in [0.25, 0.3) is 0 Å². The summed E-state index contributed by atoms with van der Waals surface area (Å²) >= 11 is 0. The second-order valence-electron chi connectivity index (χ2n) is 4.97. The Bertz CT molecular complexity index is 484. The fourth-order valence-electron chi connectivity index (χ4n) is 1.78. The number of aromatic nitrogens is 1. The van der Waals surface area contributed by atoms with Crippen LogP contribution in [0.1, 0.15) is 38.3 Å². The van der Waals surface area contributed by atoms with Crippen molar-refractivity contribution in [2.24, 2.45) is 5.73 Å². The molecule has 0 saturated heterocycles. The van der Waals surface area contributed by atoms with Crippen LogP contribution in [0.15, 0.2) is 12.3 Å². The summed E-state index contributed by atoms with van der Waals surface area (Å²) in [6, 6.07) is 3.95. The molecule has 0 aliphatic heterocycles. The van der Waals surface area contributed by atoms with Gasteiger partial charge < -0.3 is 10.5 Å². The van der Waals surface area contributed by atoms with Gasteiger partial charge in [0, 0.05) is 18.2 Å². The molecule has 1 aromatic rings. The largest absolute Gasteiger partial charge is 0.411 e. The van der Waals surface area contributed by atoms with Crippen molar-refractivity contribution in [2.75, 3.05) is 0 Å². The molecule has 1 aromatic heterocycles. The maximum atomic E-state index is 10.9. The zero-order valence-electron chi connectivity index (χ0n) is 10.9. The molecule has 0 fully saturated rings. The highest BCUT2D eigenvalue weighted by Gasteiger charge is 2.22. The average molecular weight is 247 g/mol. The van der Waals surface area contributed by atoms with Crippen molar-refractivity contribution in [2.45, 2.75) is 39.0 Å². The number of primary amides is 1. The highest BCUT2D eigenvalue weighted by molar-refractivity contribution is 5.68. The van der Waals surface area contributed by atoms with Crippen LogP contribution in [-0.4, -0.2) is 11.1 Å². The number of amides is 1. The van der Waals surface area contributed by atoms with E-state index in [1.807, 2.05) is 26.8 Å². The van der Waals surface area contributed by atoms with Crippen LogP contribution < -0.4 is 10.5 Å². The predicted octanol–water partition coefficient (Wildman–Crippen LogP) is 2.29. The molecule has 0 aromatic carbocycles. The molecule has 5 nitrogen and oxygen atoms in total. The van der Waals surface area contributed by atoms with Crippen LogP contribution >= 0.6 is 0 Å². The number of pyridine rings is 1. The van der Waals surface area contributed by atoms with Crippen LogP contribution in [0, 0.1) is 11.3 Å². The van der Waals surface area contributed by atoms with Gasteiger partial charge >= 0.3 is 6.09 Å². The van der Waals surface area contributed by atoms with Crippen LogP contribution in [0.2, 0.25) is 0 Å². The zero-order valence-corrected chi connectivity index (χ0v) is 10.9. The summed E-state index contributed by atoms with van der Waals surface area (Å²) in [5.74, 6) is 0.199. The van der Waals surface area contributed by atoms with Gasteiger partial charge in [-0.25, -0.2) is 9.78 Å². The van der Waals surface area contributed by atoms with Crippen molar-refractivity contribution in [3.63, 3.8) is 0 Å². The van der Waals surface area contributed by atoms with E-state index in [2.05, 4.69) is 11.1 Å². The van der Waals surface area contributed by atoms with Gasteiger partial charge in [0.05, 0.1) is 6.07 Å². The fourth-order valence-corrected chi connectivity index (χ4v) is 1.78. The number of carbonyl (C=O) groups is 1. The van der Waals surface area contributed by atoms with E-state index >= 15 is 0 Å². The quantitative estimate of drug-likeness (QED) is 0.887. The highest BCUT2D eigenvalue weighted by Crippen LogP contribution is 2.31. The molecule has 0 saturated carbocycles. The van der Waals surface area contributed by atoms with Gasteiger partial charge in [-0.05, 0) is 23.5 Å². The van der Waals surface area contributed by atoms with Crippen LogP contribution in [0.4, 0.5) is 4.79 Å². The van der Waals surface area contributed by atoms with E-state index in [0.717, 1.165) is 11.1 Å². The molecule has 0 aliphatic carbocycles. The summed E-state index contributed by atoms with van der Waals surface area (Å²) in [4.78, 5) is 14.9. The normalized spacial score (nSPS) is 10.8. The Hall–Kier alpha value is -2.09. The summed E-state index contributed by atoms with van der Waals surface area (Å²) in [6.07, 6.45) is 1.50. The van der Waals surface area contributed by atoms with E-state index in [9.17, 15) is 4.79 Å². The minimum absolute atomic E-state index is 0.122. The van der Waals surface area contributed by atoms with E-state index < -0.39 is 6.09 Å². The number of nitriles is 1. The first-order valence-corrected chi connectivity index (χ1v) is 5.69. The minimum atomic E-state index is -0.897. The van der Waals surface area contributed by atoms with Crippen molar-refractivity contribution in [3.8, 4) is 11.9 Å². The molecule has 0 bridgehead atoms. The van der Waals surface area contributed by atoms with Gasteiger partial charge in [0.15, 0.2) is 0 Å². The third-order valence-corrected chi connectivity index (χ3v) is 2.51. The lowest BCUT2D eigenvalue weighted by atomic mass is 9.83. The molecule has 5 heteroatoms. The Labute approximate surface area is 107 Å². The molecule has 96 valence electrons.